The Bertz CT molecular complexity index is 1060. The first-order valence-electron chi connectivity index (χ1n) is 8.17. The molecule has 0 saturated carbocycles. The van der Waals surface area contributed by atoms with E-state index in [9.17, 15) is 18.0 Å². The number of rotatable bonds is 7. The van der Waals surface area contributed by atoms with E-state index >= 15 is 0 Å². The lowest BCUT2D eigenvalue weighted by Gasteiger charge is -2.20. The Balaban J connectivity index is 1.85. The van der Waals surface area contributed by atoms with Crippen molar-refractivity contribution in [3.05, 3.63) is 84.3 Å². The van der Waals surface area contributed by atoms with Gasteiger partial charge < -0.3 is 15.1 Å². The highest BCUT2D eigenvalue weighted by Crippen LogP contribution is 2.15. The van der Waals surface area contributed by atoms with E-state index in [4.69, 9.17) is 9.56 Å². The minimum atomic E-state index is -3.83. The van der Waals surface area contributed by atoms with Crippen molar-refractivity contribution in [2.45, 2.75) is 11.1 Å². The number of Topliss-reactive ketones (excluding diaryl/α,β-unsaturated/α-hetero) is 1. The van der Waals surface area contributed by atoms with Gasteiger partial charge in [0.2, 0.25) is 15.8 Å². The second kappa shape index (κ2) is 8.07. The van der Waals surface area contributed by atoms with Crippen LogP contribution in [0, 0.1) is 0 Å². The van der Waals surface area contributed by atoms with Gasteiger partial charge in [-0.2, -0.15) is 0 Å². The summed E-state index contributed by atoms with van der Waals surface area (Å²) in [5.41, 5.74) is 0.808. The van der Waals surface area contributed by atoms with Gasteiger partial charge in [-0.3, -0.25) is 9.59 Å². The van der Waals surface area contributed by atoms with E-state index < -0.39 is 22.1 Å². The highest BCUT2D eigenvalue weighted by molar-refractivity contribution is 7.89. The number of carbonyl (C=O) groups is 2. The van der Waals surface area contributed by atoms with Gasteiger partial charge in [0.15, 0.2) is 11.9 Å². The van der Waals surface area contributed by atoms with E-state index in [1.54, 1.807) is 36.4 Å². The molecule has 1 heterocycles. The van der Waals surface area contributed by atoms with Gasteiger partial charge in [0.1, 0.15) is 0 Å². The monoisotopic (exact) mass is 399 g/mol. The summed E-state index contributed by atoms with van der Waals surface area (Å²) in [7, 11) is -3.83. The minimum absolute atomic E-state index is 0.0530. The maximum atomic E-state index is 12.9. The van der Waals surface area contributed by atoms with Crippen molar-refractivity contribution < 1.29 is 22.4 Å². The van der Waals surface area contributed by atoms with Crippen LogP contribution in [0.3, 0.4) is 0 Å². The zero-order valence-electron chi connectivity index (χ0n) is 14.5. The van der Waals surface area contributed by atoms with Crippen molar-refractivity contribution in [2.75, 3.05) is 5.32 Å². The van der Waals surface area contributed by atoms with Crippen LogP contribution >= 0.6 is 0 Å². The SMILES string of the molecule is NS(=O)(=O)c1ccc(N[C@H](NC(=O)c2ccco2)C(=O)c2ccccc2)cc1. The summed E-state index contributed by atoms with van der Waals surface area (Å²) in [6.07, 6.45) is 0.239. The molecule has 4 N–H and O–H groups in total. The average molecular weight is 399 g/mol. The smallest absolute Gasteiger partial charge is 0.288 e. The molecule has 9 heteroatoms. The third kappa shape index (κ3) is 4.64. The molecule has 0 radical (unpaired) electrons. The number of sulfonamides is 1. The fourth-order valence-electron chi connectivity index (χ4n) is 2.45. The van der Waals surface area contributed by atoms with Gasteiger partial charge >= 0.3 is 0 Å². The largest absolute Gasteiger partial charge is 0.459 e. The molecule has 3 rings (SSSR count). The van der Waals surface area contributed by atoms with Gasteiger partial charge in [0.05, 0.1) is 11.2 Å². The van der Waals surface area contributed by atoms with Crippen molar-refractivity contribution in [1.82, 2.24) is 5.32 Å². The van der Waals surface area contributed by atoms with Crippen LogP contribution < -0.4 is 15.8 Å². The second-order valence-corrected chi connectivity index (χ2v) is 7.39. The number of amides is 1. The number of nitrogens with one attached hydrogen (secondary N) is 2. The van der Waals surface area contributed by atoms with Crippen LogP contribution in [0.15, 0.2) is 82.3 Å². The number of hydrogen-bond donors (Lipinski definition) is 3. The van der Waals surface area contributed by atoms with Crippen molar-refractivity contribution in [3.8, 4) is 0 Å². The summed E-state index contributed by atoms with van der Waals surface area (Å²) in [4.78, 5) is 25.1. The molecule has 28 heavy (non-hydrogen) atoms. The van der Waals surface area contributed by atoms with Crippen LogP contribution in [0.2, 0.25) is 0 Å². The van der Waals surface area contributed by atoms with Crippen LogP contribution in [0.4, 0.5) is 5.69 Å². The topological polar surface area (TPSA) is 132 Å². The first-order chi connectivity index (χ1) is 13.3. The Labute approximate surface area is 161 Å². The lowest BCUT2D eigenvalue weighted by Crippen LogP contribution is -2.46. The molecule has 144 valence electrons. The number of carbonyl (C=O) groups excluding carboxylic acids is 2. The van der Waals surface area contributed by atoms with Gasteiger partial charge in [0.25, 0.3) is 5.91 Å². The molecule has 1 amide bonds. The molecule has 0 unspecified atom stereocenters. The van der Waals surface area contributed by atoms with Crippen LogP contribution in [-0.2, 0) is 10.0 Å². The molecule has 0 aliphatic carbocycles. The predicted octanol–water partition coefficient (Wildman–Crippen LogP) is 1.98. The third-order valence-electron chi connectivity index (χ3n) is 3.83. The number of furan rings is 1. The fourth-order valence-corrected chi connectivity index (χ4v) is 2.97. The molecular weight excluding hydrogens is 382 g/mol. The third-order valence-corrected chi connectivity index (χ3v) is 4.76. The Morgan fingerprint density at radius 2 is 1.61 bits per heavy atom. The first-order valence-corrected chi connectivity index (χ1v) is 9.72. The average Bonchev–Trinajstić information content (AvgIpc) is 3.22. The molecule has 0 aliphatic rings. The molecule has 1 atom stereocenters. The van der Waals surface area contributed by atoms with Crippen LogP contribution in [0.25, 0.3) is 0 Å². The van der Waals surface area contributed by atoms with Crippen molar-refractivity contribution in [3.63, 3.8) is 0 Å². The molecule has 0 saturated heterocycles. The number of benzene rings is 2. The van der Waals surface area contributed by atoms with Crippen molar-refractivity contribution >= 4 is 27.4 Å². The Kier molecular flexibility index (Phi) is 5.57. The highest BCUT2D eigenvalue weighted by Gasteiger charge is 2.24. The zero-order valence-corrected chi connectivity index (χ0v) is 15.3. The van der Waals surface area contributed by atoms with Crippen LogP contribution in [0.1, 0.15) is 20.9 Å². The predicted molar refractivity (Wildman–Crippen MR) is 102 cm³/mol. The summed E-state index contributed by atoms with van der Waals surface area (Å²) >= 11 is 0. The summed E-state index contributed by atoms with van der Waals surface area (Å²) in [6.45, 7) is 0. The lowest BCUT2D eigenvalue weighted by atomic mass is 10.1. The summed E-state index contributed by atoms with van der Waals surface area (Å²) in [5.74, 6) is -0.902. The van der Waals surface area contributed by atoms with E-state index in [0.29, 0.717) is 11.3 Å². The summed E-state index contributed by atoms with van der Waals surface area (Å²) in [5, 5.41) is 10.5. The summed E-state index contributed by atoms with van der Waals surface area (Å²) in [6, 6.07) is 17.0. The van der Waals surface area contributed by atoms with E-state index in [2.05, 4.69) is 10.6 Å². The molecule has 2 aromatic carbocycles. The highest BCUT2D eigenvalue weighted by atomic mass is 32.2. The fraction of sp³-hybridized carbons (Fsp3) is 0.0526. The molecule has 0 spiro atoms. The van der Waals surface area contributed by atoms with Crippen LogP contribution in [-0.4, -0.2) is 26.3 Å². The number of hydrogen-bond acceptors (Lipinski definition) is 6. The van der Waals surface area contributed by atoms with Gasteiger partial charge in [-0.25, -0.2) is 13.6 Å². The summed E-state index contributed by atoms with van der Waals surface area (Å²) < 4.78 is 27.8. The van der Waals surface area contributed by atoms with E-state index in [0.717, 1.165) is 0 Å². The quantitative estimate of drug-likeness (QED) is 0.411. The molecule has 0 bridgehead atoms. The Morgan fingerprint density at radius 1 is 0.929 bits per heavy atom. The van der Waals surface area contributed by atoms with Crippen molar-refractivity contribution in [1.29, 1.82) is 0 Å². The standard InChI is InChI=1S/C19H17N3O5S/c20-28(25,26)15-10-8-14(9-11-15)21-18(17(23)13-5-2-1-3-6-13)22-19(24)16-7-4-12-27-16/h1-12,18,21H,(H,22,24)(H2,20,25,26)/t18-/m1/s1. The number of ketones is 1. The number of nitrogens with two attached hydrogens (primary N) is 1. The second-order valence-electron chi connectivity index (χ2n) is 5.83. The van der Waals surface area contributed by atoms with Crippen LogP contribution in [0.5, 0.6) is 0 Å². The molecule has 1 aromatic heterocycles. The maximum absolute atomic E-state index is 12.9. The van der Waals surface area contributed by atoms with E-state index in [-0.39, 0.29) is 16.4 Å². The molecule has 3 aromatic rings. The number of anilines is 1. The molecule has 8 nitrogen and oxygen atoms in total. The van der Waals surface area contributed by atoms with E-state index in [1.165, 1.54) is 36.6 Å². The van der Waals surface area contributed by atoms with Crippen molar-refractivity contribution in [2.24, 2.45) is 5.14 Å². The Morgan fingerprint density at radius 3 is 2.18 bits per heavy atom. The molecule has 0 fully saturated rings. The van der Waals surface area contributed by atoms with Gasteiger partial charge in [-0.1, -0.05) is 30.3 Å². The number of primary sulfonamides is 1. The van der Waals surface area contributed by atoms with E-state index in [1.807, 2.05) is 0 Å². The van der Waals surface area contributed by atoms with Gasteiger partial charge in [-0.15, -0.1) is 0 Å². The minimum Gasteiger partial charge on any atom is -0.459 e. The molecule has 0 aliphatic heterocycles. The van der Waals surface area contributed by atoms with Gasteiger partial charge in [-0.05, 0) is 36.4 Å². The lowest BCUT2D eigenvalue weighted by molar-refractivity contribution is 0.0853. The Hall–Kier alpha value is -3.43. The normalized spacial score (nSPS) is 12.2. The van der Waals surface area contributed by atoms with Gasteiger partial charge in [0, 0.05) is 11.3 Å². The molecular formula is C19H17N3O5S. The maximum Gasteiger partial charge on any atom is 0.288 e. The zero-order chi connectivity index (χ0) is 20.1. The first kappa shape index (κ1) is 19.3.